The van der Waals surface area contributed by atoms with Crippen molar-refractivity contribution in [2.24, 2.45) is 0 Å². The highest BCUT2D eigenvalue weighted by Crippen LogP contribution is 2.30. The molecule has 1 aromatic rings. The molecule has 1 saturated heterocycles. The molecule has 3 heteroatoms. The number of alkyl halides is 1. The van der Waals surface area contributed by atoms with Crippen molar-refractivity contribution in [3.8, 4) is 5.75 Å². The van der Waals surface area contributed by atoms with E-state index in [-0.39, 0.29) is 5.38 Å². The summed E-state index contributed by atoms with van der Waals surface area (Å²) in [6.07, 6.45) is 3.54. The zero-order valence-corrected chi connectivity index (χ0v) is 11.0. The number of hydrogen-bond acceptors (Lipinski definition) is 2. The van der Waals surface area contributed by atoms with Crippen molar-refractivity contribution in [1.82, 2.24) is 0 Å². The summed E-state index contributed by atoms with van der Waals surface area (Å²) < 4.78 is 11.0. The van der Waals surface area contributed by atoms with Crippen LogP contribution in [0, 0.1) is 0 Å². The van der Waals surface area contributed by atoms with E-state index in [4.69, 9.17) is 21.1 Å². The summed E-state index contributed by atoms with van der Waals surface area (Å²) >= 11 is 6.39. The van der Waals surface area contributed by atoms with Gasteiger partial charge in [-0.05, 0) is 43.9 Å². The van der Waals surface area contributed by atoms with Crippen molar-refractivity contribution in [1.29, 1.82) is 0 Å². The summed E-state index contributed by atoms with van der Waals surface area (Å²) in [6, 6.07) is 8.03. The second-order valence-electron chi connectivity index (χ2n) is 4.34. The van der Waals surface area contributed by atoms with E-state index in [0.29, 0.717) is 12.7 Å². The molecule has 0 saturated carbocycles. The zero-order valence-electron chi connectivity index (χ0n) is 10.2. The average molecular weight is 255 g/mol. The number of ether oxygens (including phenoxy) is 2. The van der Waals surface area contributed by atoms with Crippen LogP contribution in [0.25, 0.3) is 0 Å². The number of hydrogen-bond donors (Lipinski definition) is 0. The fourth-order valence-electron chi connectivity index (χ4n) is 2.14. The Morgan fingerprint density at radius 1 is 1.41 bits per heavy atom. The Hall–Kier alpha value is -0.730. The van der Waals surface area contributed by atoms with E-state index in [2.05, 4.69) is 0 Å². The third-order valence-electron chi connectivity index (χ3n) is 3.05. The van der Waals surface area contributed by atoms with Gasteiger partial charge in [0.2, 0.25) is 0 Å². The molecular weight excluding hydrogens is 236 g/mol. The Labute approximate surface area is 108 Å². The second kappa shape index (κ2) is 6.27. The molecule has 1 fully saturated rings. The maximum Gasteiger partial charge on any atom is 0.119 e. The molecule has 0 radical (unpaired) electrons. The molecule has 17 heavy (non-hydrogen) atoms. The van der Waals surface area contributed by atoms with Gasteiger partial charge in [0.25, 0.3) is 0 Å². The molecule has 2 nitrogen and oxygen atoms in total. The lowest BCUT2D eigenvalue weighted by Gasteiger charge is -2.15. The van der Waals surface area contributed by atoms with Crippen molar-refractivity contribution < 1.29 is 9.47 Å². The maximum atomic E-state index is 6.39. The average Bonchev–Trinajstić information content (AvgIpc) is 2.83. The van der Waals surface area contributed by atoms with E-state index in [0.717, 1.165) is 37.2 Å². The van der Waals surface area contributed by atoms with Gasteiger partial charge in [-0.1, -0.05) is 12.1 Å². The number of rotatable bonds is 5. The van der Waals surface area contributed by atoms with E-state index in [1.54, 1.807) is 0 Å². The highest BCUT2D eigenvalue weighted by atomic mass is 35.5. The molecular formula is C14H19ClO2. The summed E-state index contributed by atoms with van der Waals surface area (Å²) in [5.74, 6) is 0.900. The van der Waals surface area contributed by atoms with Crippen LogP contribution in [0.2, 0.25) is 0 Å². The Balaban J connectivity index is 1.91. The summed E-state index contributed by atoms with van der Waals surface area (Å²) in [5.41, 5.74) is 1.14. The normalized spacial score (nSPS) is 21.4. The topological polar surface area (TPSA) is 18.5 Å². The third-order valence-corrected chi connectivity index (χ3v) is 3.48. The molecule has 1 aromatic carbocycles. The first kappa shape index (κ1) is 12.7. The standard InChI is InChI=1S/C14H19ClO2/c1-2-16-12-7-5-11(6-8-12)14(15)10-13-4-3-9-17-13/h5-8,13-14H,2-4,9-10H2,1H3. The lowest BCUT2D eigenvalue weighted by atomic mass is 10.0. The minimum atomic E-state index is 0.0359. The van der Waals surface area contributed by atoms with Gasteiger partial charge >= 0.3 is 0 Å². The number of benzene rings is 1. The van der Waals surface area contributed by atoms with Gasteiger partial charge in [-0.3, -0.25) is 0 Å². The first-order valence-electron chi connectivity index (χ1n) is 6.28. The Morgan fingerprint density at radius 3 is 2.76 bits per heavy atom. The van der Waals surface area contributed by atoms with Gasteiger partial charge in [-0.15, -0.1) is 11.6 Å². The summed E-state index contributed by atoms with van der Waals surface area (Å²) in [6.45, 7) is 3.56. The van der Waals surface area contributed by atoms with Crippen LogP contribution in [0.4, 0.5) is 0 Å². The van der Waals surface area contributed by atoms with Crippen LogP contribution >= 0.6 is 11.6 Å². The van der Waals surface area contributed by atoms with Crippen LogP contribution in [0.3, 0.4) is 0 Å². The summed E-state index contributed by atoms with van der Waals surface area (Å²) in [5, 5.41) is 0.0359. The molecule has 2 atom stereocenters. The Kier molecular flexibility index (Phi) is 4.69. The lowest BCUT2D eigenvalue weighted by molar-refractivity contribution is 0.103. The molecule has 94 valence electrons. The van der Waals surface area contributed by atoms with Crippen molar-refractivity contribution >= 4 is 11.6 Å². The van der Waals surface area contributed by atoms with E-state index in [9.17, 15) is 0 Å². The highest BCUT2D eigenvalue weighted by molar-refractivity contribution is 6.20. The molecule has 0 bridgehead atoms. The molecule has 0 N–H and O–H groups in total. The quantitative estimate of drug-likeness (QED) is 0.741. The fourth-order valence-corrected chi connectivity index (χ4v) is 2.48. The molecule has 0 aliphatic carbocycles. The minimum absolute atomic E-state index is 0.0359. The van der Waals surface area contributed by atoms with Gasteiger partial charge in [0.1, 0.15) is 5.75 Å². The van der Waals surface area contributed by atoms with E-state index < -0.39 is 0 Å². The van der Waals surface area contributed by atoms with Gasteiger partial charge in [-0.2, -0.15) is 0 Å². The van der Waals surface area contributed by atoms with Crippen molar-refractivity contribution in [2.45, 2.75) is 37.7 Å². The molecule has 2 unspecified atom stereocenters. The van der Waals surface area contributed by atoms with Gasteiger partial charge < -0.3 is 9.47 Å². The fraction of sp³-hybridized carbons (Fsp3) is 0.571. The molecule has 2 rings (SSSR count). The van der Waals surface area contributed by atoms with Crippen LogP contribution < -0.4 is 4.74 Å². The van der Waals surface area contributed by atoms with Crippen molar-refractivity contribution in [2.75, 3.05) is 13.2 Å². The van der Waals surface area contributed by atoms with Crippen molar-refractivity contribution in [3.05, 3.63) is 29.8 Å². The smallest absolute Gasteiger partial charge is 0.119 e. The monoisotopic (exact) mass is 254 g/mol. The number of halogens is 1. The van der Waals surface area contributed by atoms with Crippen LogP contribution in [0.5, 0.6) is 5.75 Å². The molecule has 1 aliphatic rings. The maximum absolute atomic E-state index is 6.39. The predicted molar refractivity (Wildman–Crippen MR) is 69.8 cm³/mol. The third kappa shape index (κ3) is 3.62. The lowest BCUT2D eigenvalue weighted by Crippen LogP contribution is -2.08. The van der Waals surface area contributed by atoms with Gasteiger partial charge in [-0.25, -0.2) is 0 Å². The second-order valence-corrected chi connectivity index (χ2v) is 4.87. The van der Waals surface area contributed by atoms with Gasteiger partial charge in [0, 0.05) is 6.61 Å². The van der Waals surface area contributed by atoms with Gasteiger partial charge in [0.15, 0.2) is 0 Å². The SMILES string of the molecule is CCOc1ccc(C(Cl)CC2CCCO2)cc1. The first-order valence-corrected chi connectivity index (χ1v) is 6.71. The zero-order chi connectivity index (χ0) is 12.1. The van der Waals surface area contributed by atoms with E-state index >= 15 is 0 Å². The van der Waals surface area contributed by atoms with E-state index in [1.165, 1.54) is 0 Å². The van der Waals surface area contributed by atoms with Crippen LogP contribution in [0.1, 0.15) is 37.1 Å². The van der Waals surface area contributed by atoms with Crippen LogP contribution in [0.15, 0.2) is 24.3 Å². The predicted octanol–water partition coefficient (Wildman–Crippen LogP) is 3.93. The minimum Gasteiger partial charge on any atom is -0.494 e. The summed E-state index contributed by atoms with van der Waals surface area (Å²) in [7, 11) is 0. The first-order chi connectivity index (χ1) is 8.29. The molecule has 0 amide bonds. The van der Waals surface area contributed by atoms with E-state index in [1.807, 2.05) is 31.2 Å². The Bertz CT molecular complexity index is 331. The molecule has 1 aliphatic heterocycles. The molecule has 0 spiro atoms. The van der Waals surface area contributed by atoms with Crippen LogP contribution in [-0.4, -0.2) is 19.3 Å². The largest absolute Gasteiger partial charge is 0.494 e. The van der Waals surface area contributed by atoms with Gasteiger partial charge in [0.05, 0.1) is 18.1 Å². The summed E-state index contributed by atoms with van der Waals surface area (Å²) in [4.78, 5) is 0. The van der Waals surface area contributed by atoms with Crippen LogP contribution in [-0.2, 0) is 4.74 Å². The highest BCUT2D eigenvalue weighted by Gasteiger charge is 2.20. The molecule has 0 aromatic heterocycles. The Morgan fingerprint density at radius 2 is 2.18 bits per heavy atom. The van der Waals surface area contributed by atoms with Crippen molar-refractivity contribution in [3.63, 3.8) is 0 Å². The molecule has 1 heterocycles.